The van der Waals surface area contributed by atoms with Crippen LogP contribution in [0.4, 0.5) is 4.79 Å². The van der Waals surface area contributed by atoms with Crippen LogP contribution in [0.25, 0.3) is 0 Å². The third-order valence-corrected chi connectivity index (χ3v) is 5.97. The van der Waals surface area contributed by atoms with Gasteiger partial charge in [-0.3, -0.25) is 4.79 Å². The topological polar surface area (TPSA) is 55.9 Å². The second-order valence-electron chi connectivity index (χ2n) is 9.25. The van der Waals surface area contributed by atoms with E-state index in [0.717, 1.165) is 51.9 Å². The number of piperidine rings is 1. The summed E-state index contributed by atoms with van der Waals surface area (Å²) in [6, 6.07) is 0.178. The molecule has 3 amide bonds. The van der Waals surface area contributed by atoms with Crippen LogP contribution in [0.1, 0.15) is 66.2 Å². The zero-order valence-corrected chi connectivity index (χ0v) is 18.6. The van der Waals surface area contributed by atoms with E-state index in [0.29, 0.717) is 12.5 Å². The van der Waals surface area contributed by atoms with Crippen molar-refractivity contribution in [3.05, 3.63) is 0 Å². The van der Waals surface area contributed by atoms with Crippen molar-refractivity contribution in [2.45, 2.75) is 72.3 Å². The average Bonchev–Trinajstić information content (AvgIpc) is 3.18. The van der Waals surface area contributed by atoms with E-state index in [1.807, 2.05) is 18.7 Å². The normalized spacial score (nSPS) is 20.8. The number of likely N-dealkylation sites (tertiary alicyclic amines) is 2. The van der Waals surface area contributed by atoms with Crippen LogP contribution in [0.3, 0.4) is 0 Å². The van der Waals surface area contributed by atoms with Gasteiger partial charge in [0.1, 0.15) is 0 Å². The van der Waals surface area contributed by atoms with E-state index in [1.165, 1.54) is 25.9 Å². The zero-order valence-electron chi connectivity index (χ0n) is 18.6. The predicted octanol–water partition coefficient (Wildman–Crippen LogP) is 3.18. The number of hydrogen-bond donors (Lipinski definition) is 1. The van der Waals surface area contributed by atoms with Gasteiger partial charge in [-0.1, -0.05) is 27.7 Å². The third-order valence-electron chi connectivity index (χ3n) is 5.97. The van der Waals surface area contributed by atoms with Gasteiger partial charge in [-0.25, -0.2) is 4.79 Å². The maximum absolute atomic E-state index is 12.9. The fourth-order valence-corrected chi connectivity index (χ4v) is 4.25. The molecule has 1 atom stereocenters. The molecule has 2 rings (SSSR count). The van der Waals surface area contributed by atoms with Crippen LogP contribution in [0, 0.1) is 11.8 Å². The molecule has 0 aliphatic carbocycles. The summed E-state index contributed by atoms with van der Waals surface area (Å²) in [5.74, 6) is 0.819. The number of carbonyl (C=O) groups excluding carboxylic acids is 2. The minimum Gasteiger partial charge on any atom is -0.338 e. The fraction of sp³-hybridized carbons (Fsp3) is 0.909. The van der Waals surface area contributed by atoms with E-state index in [1.54, 1.807) is 0 Å². The highest BCUT2D eigenvalue weighted by Crippen LogP contribution is 2.19. The molecule has 2 heterocycles. The summed E-state index contributed by atoms with van der Waals surface area (Å²) in [4.78, 5) is 31.9. The van der Waals surface area contributed by atoms with Crippen LogP contribution in [0.5, 0.6) is 0 Å². The zero-order chi connectivity index (χ0) is 20.5. The second-order valence-corrected chi connectivity index (χ2v) is 9.25. The molecule has 28 heavy (non-hydrogen) atoms. The van der Waals surface area contributed by atoms with Crippen LogP contribution in [-0.4, -0.2) is 78.5 Å². The summed E-state index contributed by atoms with van der Waals surface area (Å²) < 4.78 is 0. The van der Waals surface area contributed by atoms with Crippen LogP contribution in [-0.2, 0) is 4.79 Å². The minimum atomic E-state index is 0.00188. The number of carbonyl (C=O) groups is 2. The van der Waals surface area contributed by atoms with Gasteiger partial charge in [-0.2, -0.15) is 0 Å². The summed E-state index contributed by atoms with van der Waals surface area (Å²) >= 11 is 0. The van der Waals surface area contributed by atoms with Crippen LogP contribution in [0.2, 0.25) is 0 Å². The van der Waals surface area contributed by atoms with Gasteiger partial charge >= 0.3 is 6.03 Å². The lowest BCUT2D eigenvalue weighted by Gasteiger charge is -2.40. The van der Waals surface area contributed by atoms with Crippen molar-refractivity contribution in [1.82, 2.24) is 20.0 Å². The molecule has 2 fully saturated rings. The lowest BCUT2D eigenvalue weighted by molar-refractivity contribution is -0.138. The lowest BCUT2D eigenvalue weighted by atomic mass is 10.0. The molecule has 1 N–H and O–H groups in total. The maximum Gasteiger partial charge on any atom is 0.317 e. The van der Waals surface area contributed by atoms with Gasteiger partial charge in [0.2, 0.25) is 5.91 Å². The standard InChI is InChI=1S/C22H42N4O2/c1-18(2)10-11-23-22(28)25-15-7-9-20(17-25)26(21(27)19(3)4)16-8-14-24-12-5-6-13-24/h18-20H,5-17H2,1-4H3,(H,23,28). The average molecular weight is 395 g/mol. The first-order valence-corrected chi connectivity index (χ1v) is 11.4. The summed E-state index contributed by atoms with van der Waals surface area (Å²) in [6.45, 7) is 14.8. The molecule has 0 aromatic carbocycles. The van der Waals surface area contributed by atoms with Crippen molar-refractivity contribution in [2.24, 2.45) is 11.8 Å². The smallest absolute Gasteiger partial charge is 0.317 e. The second kappa shape index (κ2) is 11.6. The highest BCUT2D eigenvalue weighted by atomic mass is 16.2. The van der Waals surface area contributed by atoms with Gasteiger partial charge in [0, 0.05) is 38.1 Å². The monoisotopic (exact) mass is 394 g/mol. The quantitative estimate of drug-likeness (QED) is 0.653. The number of urea groups is 1. The predicted molar refractivity (Wildman–Crippen MR) is 114 cm³/mol. The number of amides is 3. The Morgan fingerprint density at radius 1 is 1.07 bits per heavy atom. The number of rotatable bonds is 9. The van der Waals surface area contributed by atoms with Crippen molar-refractivity contribution < 1.29 is 9.59 Å². The van der Waals surface area contributed by atoms with Crippen LogP contribution >= 0.6 is 0 Å². The molecular formula is C22H42N4O2. The molecule has 0 spiro atoms. The molecule has 6 nitrogen and oxygen atoms in total. The first kappa shape index (κ1) is 23.0. The largest absolute Gasteiger partial charge is 0.338 e. The van der Waals surface area contributed by atoms with E-state index in [4.69, 9.17) is 0 Å². The first-order chi connectivity index (χ1) is 13.4. The van der Waals surface area contributed by atoms with Crippen molar-refractivity contribution in [3.8, 4) is 0 Å². The molecule has 0 radical (unpaired) electrons. The Labute approximate surface area is 172 Å². The Morgan fingerprint density at radius 3 is 2.43 bits per heavy atom. The van der Waals surface area contributed by atoms with Gasteiger partial charge in [-0.05, 0) is 64.1 Å². The molecule has 2 saturated heterocycles. The Balaban J connectivity index is 1.89. The van der Waals surface area contributed by atoms with Crippen molar-refractivity contribution in [2.75, 3.05) is 45.8 Å². The summed E-state index contributed by atoms with van der Waals surface area (Å²) in [5.41, 5.74) is 0. The van der Waals surface area contributed by atoms with E-state index in [-0.39, 0.29) is 23.9 Å². The van der Waals surface area contributed by atoms with Gasteiger partial charge < -0.3 is 20.0 Å². The third kappa shape index (κ3) is 7.26. The van der Waals surface area contributed by atoms with Crippen LogP contribution in [0.15, 0.2) is 0 Å². The van der Waals surface area contributed by atoms with Crippen LogP contribution < -0.4 is 5.32 Å². The van der Waals surface area contributed by atoms with Crippen molar-refractivity contribution in [1.29, 1.82) is 0 Å². The fourth-order valence-electron chi connectivity index (χ4n) is 4.25. The first-order valence-electron chi connectivity index (χ1n) is 11.4. The maximum atomic E-state index is 12.9. The molecule has 1 unspecified atom stereocenters. The Morgan fingerprint density at radius 2 is 1.79 bits per heavy atom. The van der Waals surface area contributed by atoms with E-state index in [9.17, 15) is 9.59 Å². The molecule has 162 valence electrons. The number of nitrogens with one attached hydrogen (secondary N) is 1. The van der Waals surface area contributed by atoms with Gasteiger partial charge in [0.15, 0.2) is 0 Å². The van der Waals surface area contributed by atoms with E-state index in [2.05, 4.69) is 29.0 Å². The summed E-state index contributed by atoms with van der Waals surface area (Å²) in [7, 11) is 0. The highest BCUT2D eigenvalue weighted by Gasteiger charge is 2.31. The SMILES string of the molecule is CC(C)CCNC(=O)N1CCCC(N(CCCN2CCCC2)C(=O)C(C)C)C1. The molecule has 0 bridgehead atoms. The molecule has 0 aromatic heterocycles. The number of hydrogen-bond acceptors (Lipinski definition) is 3. The molecule has 2 aliphatic rings. The number of nitrogens with zero attached hydrogens (tertiary/aromatic N) is 3. The summed E-state index contributed by atoms with van der Waals surface area (Å²) in [6.07, 6.45) is 6.59. The lowest BCUT2D eigenvalue weighted by Crippen LogP contribution is -2.55. The summed E-state index contributed by atoms with van der Waals surface area (Å²) in [5, 5.41) is 3.05. The Kier molecular flexibility index (Phi) is 9.56. The highest BCUT2D eigenvalue weighted by molar-refractivity contribution is 5.79. The van der Waals surface area contributed by atoms with Gasteiger partial charge in [0.05, 0.1) is 0 Å². The minimum absolute atomic E-state index is 0.00188. The molecule has 2 aliphatic heterocycles. The Bertz CT molecular complexity index is 489. The molecule has 6 heteroatoms. The Hall–Kier alpha value is -1.30. The molecule has 0 saturated carbocycles. The van der Waals surface area contributed by atoms with Gasteiger partial charge in [0.25, 0.3) is 0 Å². The van der Waals surface area contributed by atoms with E-state index >= 15 is 0 Å². The van der Waals surface area contributed by atoms with Gasteiger partial charge in [-0.15, -0.1) is 0 Å². The van der Waals surface area contributed by atoms with Crippen molar-refractivity contribution in [3.63, 3.8) is 0 Å². The molecular weight excluding hydrogens is 352 g/mol. The van der Waals surface area contributed by atoms with E-state index < -0.39 is 0 Å². The molecule has 0 aromatic rings. The van der Waals surface area contributed by atoms with Crippen molar-refractivity contribution >= 4 is 11.9 Å².